The number of benzene rings is 2. The first-order valence-electron chi connectivity index (χ1n) is 10.8. The number of hydrogen-bond acceptors (Lipinski definition) is 7. The molecule has 4 rings (SSSR count). The van der Waals surface area contributed by atoms with Crippen LogP contribution in [0.5, 0.6) is 5.75 Å². The number of nitrogens with one attached hydrogen (secondary N) is 1. The molecule has 34 heavy (non-hydrogen) atoms. The van der Waals surface area contributed by atoms with E-state index < -0.39 is 10.0 Å². The van der Waals surface area contributed by atoms with Crippen molar-refractivity contribution < 1.29 is 17.9 Å². The number of ether oxygens (including phenoxy) is 1. The Morgan fingerprint density at radius 3 is 2.62 bits per heavy atom. The quantitative estimate of drug-likeness (QED) is 0.523. The maximum Gasteiger partial charge on any atom is 0.243 e. The number of rotatable bonds is 8. The van der Waals surface area contributed by atoms with Crippen LogP contribution in [0.1, 0.15) is 18.4 Å². The maximum atomic E-state index is 12.9. The van der Waals surface area contributed by atoms with Crippen molar-refractivity contribution in [2.24, 2.45) is 5.92 Å². The fraction of sp³-hybridized carbons (Fsp3) is 0.304. The summed E-state index contributed by atoms with van der Waals surface area (Å²) < 4.78 is 34.5. The van der Waals surface area contributed by atoms with Crippen molar-refractivity contribution in [2.75, 3.05) is 25.0 Å². The van der Waals surface area contributed by atoms with Gasteiger partial charge in [-0.25, -0.2) is 18.1 Å². The van der Waals surface area contributed by atoms with Crippen molar-refractivity contribution in [3.8, 4) is 11.8 Å². The van der Waals surface area contributed by atoms with Gasteiger partial charge < -0.3 is 10.1 Å². The van der Waals surface area contributed by atoms with E-state index in [4.69, 9.17) is 10.00 Å². The predicted octanol–water partition coefficient (Wildman–Crippen LogP) is 2.27. The summed E-state index contributed by atoms with van der Waals surface area (Å²) in [4.78, 5) is 16.8. The second-order valence-corrected chi connectivity index (χ2v) is 9.78. The van der Waals surface area contributed by atoms with Crippen LogP contribution < -0.4 is 10.1 Å². The molecular formula is C23H24N6O4S. The van der Waals surface area contributed by atoms with Crippen LogP contribution in [0.3, 0.4) is 0 Å². The molecule has 3 aromatic rings. The Morgan fingerprint density at radius 2 is 1.94 bits per heavy atom. The highest BCUT2D eigenvalue weighted by molar-refractivity contribution is 7.89. The summed E-state index contributed by atoms with van der Waals surface area (Å²) in [6.45, 7) is 1.48. The van der Waals surface area contributed by atoms with Gasteiger partial charge in [0, 0.05) is 30.8 Å². The second-order valence-electron chi connectivity index (χ2n) is 7.84. The fourth-order valence-corrected chi connectivity index (χ4v) is 5.19. The lowest BCUT2D eigenvalue weighted by atomic mass is 9.97. The average Bonchev–Trinajstić information content (AvgIpc) is 3.38. The van der Waals surface area contributed by atoms with E-state index in [2.05, 4.69) is 15.4 Å². The van der Waals surface area contributed by atoms with Gasteiger partial charge in [-0.15, -0.1) is 0 Å². The molecule has 2 aromatic carbocycles. The highest BCUT2D eigenvalue weighted by Gasteiger charge is 2.32. The number of nitriles is 1. The smallest absolute Gasteiger partial charge is 0.243 e. The number of carbonyl (C=O) groups is 1. The zero-order valence-corrected chi connectivity index (χ0v) is 19.2. The Morgan fingerprint density at radius 1 is 1.18 bits per heavy atom. The molecule has 0 aliphatic carbocycles. The van der Waals surface area contributed by atoms with Gasteiger partial charge in [0.05, 0.1) is 23.1 Å². The maximum absolute atomic E-state index is 12.9. The number of aromatic nitrogens is 3. The van der Waals surface area contributed by atoms with E-state index >= 15 is 0 Å². The van der Waals surface area contributed by atoms with Gasteiger partial charge in [0.2, 0.25) is 15.9 Å². The summed E-state index contributed by atoms with van der Waals surface area (Å²) in [5.41, 5.74) is 1.02. The van der Waals surface area contributed by atoms with E-state index in [1.54, 1.807) is 29.2 Å². The molecule has 10 nitrogen and oxygen atoms in total. The zero-order chi connectivity index (χ0) is 24.0. The summed E-state index contributed by atoms with van der Waals surface area (Å²) in [5.74, 6) is 0.195. The fourth-order valence-electron chi connectivity index (χ4n) is 3.72. The van der Waals surface area contributed by atoms with Crippen molar-refractivity contribution in [1.29, 1.82) is 5.26 Å². The average molecular weight is 481 g/mol. The second kappa shape index (κ2) is 10.5. The molecule has 1 aromatic heterocycles. The van der Waals surface area contributed by atoms with E-state index in [1.165, 1.54) is 34.9 Å². The zero-order valence-electron chi connectivity index (χ0n) is 18.4. The van der Waals surface area contributed by atoms with Crippen LogP contribution in [0.15, 0.2) is 66.1 Å². The lowest BCUT2D eigenvalue weighted by Crippen LogP contribution is -2.41. The highest BCUT2D eigenvalue weighted by atomic mass is 32.2. The Kier molecular flexibility index (Phi) is 7.20. The molecule has 0 bridgehead atoms. The SMILES string of the molecule is N#Cc1ccc(S(=O)(=O)N2CCC(C(=O)Nc3cccc(OCCn4cncn4)c3)CC2)cc1. The Bertz CT molecular complexity index is 1260. The minimum Gasteiger partial charge on any atom is -0.492 e. The summed E-state index contributed by atoms with van der Waals surface area (Å²) in [6.07, 6.45) is 3.93. The topological polar surface area (TPSA) is 130 Å². The molecule has 1 aliphatic rings. The lowest BCUT2D eigenvalue weighted by Gasteiger charge is -2.30. The molecule has 0 saturated carbocycles. The first kappa shape index (κ1) is 23.4. The van der Waals surface area contributed by atoms with Crippen molar-refractivity contribution in [2.45, 2.75) is 24.3 Å². The van der Waals surface area contributed by atoms with E-state index in [0.29, 0.717) is 43.0 Å². The van der Waals surface area contributed by atoms with Gasteiger partial charge in [0.1, 0.15) is 25.0 Å². The number of carbonyl (C=O) groups excluding carboxylic acids is 1. The van der Waals surface area contributed by atoms with Crippen molar-refractivity contribution in [3.05, 3.63) is 66.7 Å². The largest absolute Gasteiger partial charge is 0.492 e. The first-order valence-corrected chi connectivity index (χ1v) is 12.3. The van der Waals surface area contributed by atoms with Crippen molar-refractivity contribution in [3.63, 3.8) is 0 Å². The summed E-state index contributed by atoms with van der Waals surface area (Å²) in [7, 11) is -3.66. The van der Waals surface area contributed by atoms with Gasteiger partial charge in [-0.05, 0) is 49.2 Å². The predicted molar refractivity (Wildman–Crippen MR) is 123 cm³/mol. The molecule has 0 atom stereocenters. The number of hydrogen-bond donors (Lipinski definition) is 1. The van der Waals surface area contributed by atoms with Crippen molar-refractivity contribution >= 4 is 21.6 Å². The Labute approximate surface area is 197 Å². The molecule has 0 unspecified atom stereocenters. The number of piperidine rings is 1. The van der Waals surface area contributed by atoms with E-state index in [-0.39, 0.29) is 29.8 Å². The van der Waals surface area contributed by atoms with Gasteiger partial charge in [-0.3, -0.25) is 4.79 Å². The van der Waals surface area contributed by atoms with E-state index in [1.807, 2.05) is 12.1 Å². The molecular weight excluding hydrogens is 456 g/mol. The minimum atomic E-state index is -3.66. The van der Waals surface area contributed by atoms with Gasteiger partial charge in [0.25, 0.3) is 0 Å². The normalized spacial score (nSPS) is 14.9. The van der Waals surface area contributed by atoms with Crippen LogP contribution in [-0.2, 0) is 21.4 Å². The molecule has 1 fully saturated rings. The van der Waals surface area contributed by atoms with Crippen LogP contribution in [0.2, 0.25) is 0 Å². The Balaban J connectivity index is 1.29. The summed E-state index contributed by atoms with van der Waals surface area (Å²) >= 11 is 0. The van der Waals surface area contributed by atoms with Crippen LogP contribution in [0.4, 0.5) is 5.69 Å². The van der Waals surface area contributed by atoms with E-state index in [0.717, 1.165) is 0 Å². The van der Waals surface area contributed by atoms with Crippen molar-refractivity contribution in [1.82, 2.24) is 19.1 Å². The van der Waals surface area contributed by atoms with Gasteiger partial charge in [0.15, 0.2) is 0 Å². The number of nitrogens with zero attached hydrogens (tertiary/aromatic N) is 5. The third-order valence-electron chi connectivity index (χ3n) is 5.60. The van der Waals surface area contributed by atoms with Crippen LogP contribution >= 0.6 is 0 Å². The van der Waals surface area contributed by atoms with Crippen LogP contribution in [-0.4, -0.2) is 53.1 Å². The molecule has 1 aliphatic heterocycles. The molecule has 176 valence electrons. The van der Waals surface area contributed by atoms with Crippen LogP contribution in [0.25, 0.3) is 0 Å². The molecule has 1 N–H and O–H groups in total. The standard InChI is InChI=1S/C23H24N6O4S/c24-15-18-4-6-22(7-5-18)34(31,32)29-10-8-19(9-11-29)23(30)27-20-2-1-3-21(14-20)33-13-12-28-17-25-16-26-28/h1-7,14,16-17,19H,8-13H2,(H,27,30). The monoisotopic (exact) mass is 480 g/mol. The van der Waals surface area contributed by atoms with Gasteiger partial charge in [-0.1, -0.05) is 6.07 Å². The number of sulfonamides is 1. The molecule has 1 amide bonds. The highest BCUT2D eigenvalue weighted by Crippen LogP contribution is 2.26. The number of anilines is 1. The van der Waals surface area contributed by atoms with E-state index in [9.17, 15) is 13.2 Å². The lowest BCUT2D eigenvalue weighted by molar-refractivity contribution is -0.120. The molecule has 1 saturated heterocycles. The molecule has 0 radical (unpaired) electrons. The molecule has 2 heterocycles. The van der Waals surface area contributed by atoms with Gasteiger partial charge in [-0.2, -0.15) is 14.7 Å². The summed E-state index contributed by atoms with van der Waals surface area (Å²) in [5, 5.41) is 15.8. The molecule has 0 spiro atoms. The third-order valence-corrected chi connectivity index (χ3v) is 7.52. The number of amides is 1. The van der Waals surface area contributed by atoms with Gasteiger partial charge >= 0.3 is 0 Å². The van der Waals surface area contributed by atoms with Crippen LogP contribution in [0, 0.1) is 17.2 Å². The first-order chi connectivity index (χ1) is 16.5. The Hall–Kier alpha value is -3.75. The molecule has 11 heteroatoms. The minimum absolute atomic E-state index is 0.143. The summed E-state index contributed by atoms with van der Waals surface area (Å²) in [6, 6.07) is 15.0. The third kappa shape index (κ3) is 5.59.